The fourth-order valence-electron chi connectivity index (χ4n) is 2.46. The Bertz CT molecular complexity index is 965. The van der Waals surface area contributed by atoms with Crippen LogP contribution in [0.3, 0.4) is 0 Å². The topological polar surface area (TPSA) is 79.4 Å². The minimum Gasteiger partial charge on any atom is -0.488 e. The average Bonchev–Trinajstić information content (AvgIpc) is 2.65. The lowest BCUT2D eigenvalue weighted by atomic mass is 10.1. The quantitative estimate of drug-likeness (QED) is 0.528. The summed E-state index contributed by atoms with van der Waals surface area (Å²) in [7, 11) is 0. The Morgan fingerprint density at radius 2 is 1.88 bits per heavy atom. The Hall–Kier alpha value is -3.41. The van der Waals surface area contributed by atoms with Gasteiger partial charge in [-0.3, -0.25) is 9.78 Å². The molecule has 0 radical (unpaired) electrons. The molecule has 0 spiro atoms. The molecular weight excluding hydrogens is 328 g/mol. The number of H-pyrrole nitrogens is 1. The zero-order valence-corrected chi connectivity index (χ0v) is 14.7. The Balaban J connectivity index is 1.76. The number of aromatic amines is 1. The van der Waals surface area contributed by atoms with E-state index in [4.69, 9.17) is 4.74 Å². The van der Waals surface area contributed by atoms with Crippen LogP contribution in [-0.4, -0.2) is 15.7 Å². The van der Waals surface area contributed by atoms with Crippen LogP contribution in [0.4, 0.5) is 5.95 Å². The van der Waals surface area contributed by atoms with Gasteiger partial charge in [-0.05, 0) is 31.5 Å². The van der Waals surface area contributed by atoms with Crippen LogP contribution in [0.15, 0.2) is 70.6 Å². The zero-order valence-electron chi connectivity index (χ0n) is 14.7. The van der Waals surface area contributed by atoms with Crippen LogP contribution in [0.2, 0.25) is 0 Å². The average molecular weight is 348 g/mol. The maximum Gasteiger partial charge on any atom is 0.252 e. The van der Waals surface area contributed by atoms with Crippen molar-refractivity contribution in [2.24, 2.45) is 5.10 Å². The zero-order chi connectivity index (χ0) is 18.4. The molecule has 1 aromatic heterocycles. The van der Waals surface area contributed by atoms with Crippen molar-refractivity contribution in [3.8, 4) is 5.75 Å². The molecule has 0 aliphatic heterocycles. The molecule has 0 saturated heterocycles. The van der Waals surface area contributed by atoms with Crippen LogP contribution in [0.5, 0.6) is 5.75 Å². The van der Waals surface area contributed by atoms with E-state index in [2.05, 4.69) is 20.5 Å². The number of anilines is 1. The summed E-state index contributed by atoms with van der Waals surface area (Å²) in [6.45, 7) is 4.10. The number of rotatable bonds is 6. The molecule has 0 fully saturated rings. The lowest BCUT2D eigenvalue weighted by Crippen LogP contribution is -2.11. The second-order valence-electron chi connectivity index (χ2n) is 5.81. The highest BCUT2D eigenvalue weighted by molar-refractivity contribution is 6.01. The highest BCUT2D eigenvalue weighted by Gasteiger charge is 2.07. The Morgan fingerprint density at radius 1 is 1.15 bits per heavy atom. The van der Waals surface area contributed by atoms with Crippen molar-refractivity contribution in [2.45, 2.75) is 20.5 Å². The molecule has 0 aliphatic rings. The van der Waals surface area contributed by atoms with Gasteiger partial charge in [0.15, 0.2) is 0 Å². The summed E-state index contributed by atoms with van der Waals surface area (Å²) in [6.07, 6.45) is 0. The minimum atomic E-state index is -0.223. The second-order valence-corrected chi connectivity index (χ2v) is 5.81. The van der Waals surface area contributed by atoms with E-state index in [1.807, 2.05) is 61.5 Å². The maximum absolute atomic E-state index is 11.5. The third kappa shape index (κ3) is 4.57. The SMILES string of the molecule is C/C(=N/Nc1nc(C)cc(=O)[nH]1)c1ccccc1OCc1ccccc1. The lowest BCUT2D eigenvalue weighted by molar-refractivity contribution is 0.305. The molecule has 3 aromatic rings. The largest absolute Gasteiger partial charge is 0.488 e. The number of para-hydroxylation sites is 1. The van der Waals surface area contributed by atoms with Gasteiger partial charge in [0.25, 0.3) is 5.56 Å². The molecule has 0 atom stereocenters. The van der Waals surface area contributed by atoms with Crippen molar-refractivity contribution in [1.82, 2.24) is 9.97 Å². The molecular formula is C20H20N4O2. The number of aromatic nitrogens is 2. The first-order valence-electron chi connectivity index (χ1n) is 8.26. The Morgan fingerprint density at radius 3 is 2.65 bits per heavy atom. The first kappa shape index (κ1) is 17.4. The van der Waals surface area contributed by atoms with Crippen molar-refractivity contribution in [3.63, 3.8) is 0 Å². The first-order valence-corrected chi connectivity index (χ1v) is 8.26. The van der Waals surface area contributed by atoms with E-state index in [1.54, 1.807) is 6.92 Å². The van der Waals surface area contributed by atoms with E-state index in [1.165, 1.54) is 6.07 Å². The van der Waals surface area contributed by atoms with Gasteiger partial charge in [-0.1, -0.05) is 42.5 Å². The molecule has 6 nitrogen and oxygen atoms in total. The molecule has 0 amide bonds. The second kappa shape index (κ2) is 8.11. The summed E-state index contributed by atoms with van der Waals surface area (Å²) in [5.41, 5.74) is 5.87. The molecule has 132 valence electrons. The minimum absolute atomic E-state index is 0.223. The predicted octanol–water partition coefficient (Wildman–Crippen LogP) is 3.49. The maximum atomic E-state index is 11.5. The fourth-order valence-corrected chi connectivity index (χ4v) is 2.46. The number of hydrogen-bond donors (Lipinski definition) is 2. The van der Waals surface area contributed by atoms with Gasteiger partial charge in [0.2, 0.25) is 5.95 Å². The molecule has 0 unspecified atom stereocenters. The van der Waals surface area contributed by atoms with E-state index >= 15 is 0 Å². The van der Waals surface area contributed by atoms with Crippen LogP contribution < -0.4 is 15.7 Å². The van der Waals surface area contributed by atoms with Crippen LogP contribution in [0.25, 0.3) is 0 Å². The molecule has 0 aliphatic carbocycles. The van der Waals surface area contributed by atoms with Crippen LogP contribution in [0, 0.1) is 6.92 Å². The summed E-state index contributed by atoms with van der Waals surface area (Å²) in [6, 6.07) is 19.1. The molecule has 6 heteroatoms. The van der Waals surface area contributed by atoms with Crippen molar-refractivity contribution >= 4 is 11.7 Å². The van der Waals surface area contributed by atoms with E-state index < -0.39 is 0 Å². The van der Waals surface area contributed by atoms with Gasteiger partial charge in [0, 0.05) is 17.3 Å². The monoisotopic (exact) mass is 348 g/mol. The Kier molecular flexibility index (Phi) is 5.43. The number of benzene rings is 2. The number of ether oxygens (including phenoxy) is 1. The van der Waals surface area contributed by atoms with Crippen molar-refractivity contribution in [3.05, 3.63) is 87.8 Å². The van der Waals surface area contributed by atoms with E-state index in [0.29, 0.717) is 18.2 Å². The summed E-state index contributed by atoms with van der Waals surface area (Å²) in [5, 5.41) is 4.32. The highest BCUT2D eigenvalue weighted by atomic mass is 16.5. The van der Waals surface area contributed by atoms with Gasteiger partial charge in [-0.15, -0.1) is 0 Å². The predicted molar refractivity (Wildman–Crippen MR) is 103 cm³/mol. The van der Waals surface area contributed by atoms with Crippen LogP contribution in [-0.2, 0) is 6.61 Å². The van der Waals surface area contributed by atoms with Gasteiger partial charge in [0.05, 0.1) is 5.71 Å². The van der Waals surface area contributed by atoms with Gasteiger partial charge in [0.1, 0.15) is 12.4 Å². The summed E-state index contributed by atoms with van der Waals surface area (Å²) < 4.78 is 5.95. The molecule has 3 rings (SSSR count). The highest BCUT2D eigenvalue weighted by Crippen LogP contribution is 2.20. The van der Waals surface area contributed by atoms with E-state index in [0.717, 1.165) is 22.6 Å². The van der Waals surface area contributed by atoms with Crippen LogP contribution in [0.1, 0.15) is 23.7 Å². The first-order chi connectivity index (χ1) is 12.6. The van der Waals surface area contributed by atoms with Gasteiger partial charge in [-0.25, -0.2) is 10.4 Å². The van der Waals surface area contributed by atoms with Crippen molar-refractivity contribution in [2.75, 3.05) is 5.43 Å². The normalized spacial score (nSPS) is 11.2. The van der Waals surface area contributed by atoms with Crippen molar-refractivity contribution < 1.29 is 4.74 Å². The number of hydrazone groups is 1. The molecule has 2 aromatic carbocycles. The van der Waals surface area contributed by atoms with Gasteiger partial charge in [-0.2, -0.15) is 5.10 Å². The smallest absolute Gasteiger partial charge is 0.252 e. The Labute approximate surface area is 151 Å². The van der Waals surface area contributed by atoms with Crippen LogP contribution >= 0.6 is 0 Å². The van der Waals surface area contributed by atoms with Gasteiger partial charge < -0.3 is 4.74 Å². The number of nitrogens with zero attached hydrogens (tertiary/aromatic N) is 2. The molecule has 26 heavy (non-hydrogen) atoms. The standard InChI is InChI=1S/C20H20N4O2/c1-14-12-19(25)22-20(21-14)24-23-15(2)17-10-6-7-11-18(17)26-13-16-8-4-3-5-9-16/h3-12H,13H2,1-2H3,(H2,21,22,24,25)/b23-15-. The lowest BCUT2D eigenvalue weighted by Gasteiger charge is -2.11. The van der Waals surface area contributed by atoms with Gasteiger partial charge >= 0.3 is 0 Å². The number of aryl methyl sites for hydroxylation is 1. The third-order valence-electron chi connectivity index (χ3n) is 3.71. The van der Waals surface area contributed by atoms with Crippen molar-refractivity contribution in [1.29, 1.82) is 0 Å². The molecule has 0 bridgehead atoms. The summed E-state index contributed by atoms with van der Waals surface area (Å²) in [5.74, 6) is 1.04. The number of nitrogens with one attached hydrogen (secondary N) is 2. The van der Waals surface area contributed by atoms with E-state index in [9.17, 15) is 4.79 Å². The molecule has 2 N–H and O–H groups in total. The third-order valence-corrected chi connectivity index (χ3v) is 3.71. The van der Waals surface area contributed by atoms with E-state index in [-0.39, 0.29) is 5.56 Å². The molecule has 0 saturated carbocycles. The molecule has 1 heterocycles. The number of hydrogen-bond acceptors (Lipinski definition) is 5. The summed E-state index contributed by atoms with van der Waals surface area (Å²) >= 11 is 0. The summed E-state index contributed by atoms with van der Waals surface area (Å²) in [4.78, 5) is 18.3. The fraction of sp³-hybridized carbons (Fsp3) is 0.150.